The van der Waals surface area contributed by atoms with Gasteiger partial charge in [-0.15, -0.1) is 0 Å². The molecule has 0 unspecified atom stereocenters. The Bertz CT molecular complexity index is 253. The Hall–Kier alpha value is -1.10. The van der Waals surface area contributed by atoms with Crippen LogP contribution in [0.5, 0.6) is 0 Å². The van der Waals surface area contributed by atoms with Crippen molar-refractivity contribution in [3.05, 3.63) is 0 Å². The zero-order valence-corrected chi connectivity index (χ0v) is 11.0. The molecule has 0 aliphatic rings. The summed E-state index contributed by atoms with van der Waals surface area (Å²) in [7, 11) is 0. The zero-order valence-electron chi connectivity index (χ0n) is 11.0. The summed E-state index contributed by atoms with van der Waals surface area (Å²) in [6, 6.07) is -0.813. The molecule has 0 radical (unpaired) electrons. The number of hydrogen-bond donors (Lipinski definition) is 2. The molecule has 5 heteroatoms. The van der Waals surface area contributed by atoms with E-state index in [0.29, 0.717) is 13.0 Å². The third-order valence-electron chi connectivity index (χ3n) is 2.58. The summed E-state index contributed by atoms with van der Waals surface area (Å²) in [6.45, 7) is 7.79. The van der Waals surface area contributed by atoms with Crippen molar-refractivity contribution in [1.29, 1.82) is 0 Å². The van der Waals surface area contributed by atoms with Crippen LogP contribution in [0.4, 0.5) is 0 Å². The maximum absolute atomic E-state index is 11.5. The first-order valence-electron chi connectivity index (χ1n) is 6.02. The van der Waals surface area contributed by atoms with Gasteiger partial charge in [0.25, 0.3) is 0 Å². The van der Waals surface area contributed by atoms with E-state index in [-0.39, 0.29) is 24.3 Å². The van der Waals surface area contributed by atoms with E-state index in [1.54, 1.807) is 0 Å². The largest absolute Gasteiger partial charge is 0.480 e. The molecule has 0 saturated heterocycles. The van der Waals surface area contributed by atoms with Crippen LogP contribution in [0.25, 0.3) is 0 Å². The average molecular weight is 245 g/mol. The van der Waals surface area contributed by atoms with Gasteiger partial charge in [0.1, 0.15) is 6.04 Å². The van der Waals surface area contributed by atoms with Crippen LogP contribution in [0.2, 0.25) is 0 Å². The molecule has 5 nitrogen and oxygen atoms in total. The molecule has 2 atom stereocenters. The lowest BCUT2D eigenvalue weighted by Crippen LogP contribution is -2.45. The number of carbonyl (C=O) groups excluding carboxylic acids is 1. The lowest BCUT2D eigenvalue weighted by molar-refractivity contribution is -0.143. The molecule has 0 aliphatic carbocycles. The molecule has 0 fully saturated rings. The number of nitrogens with one attached hydrogen (secondary N) is 1. The van der Waals surface area contributed by atoms with E-state index >= 15 is 0 Å². The molecule has 2 N–H and O–H groups in total. The van der Waals surface area contributed by atoms with Crippen molar-refractivity contribution in [3.63, 3.8) is 0 Å². The van der Waals surface area contributed by atoms with Crippen molar-refractivity contribution in [2.45, 2.75) is 52.7 Å². The molecular formula is C12H23NO4. The summed E-state index contributed by atoms with van der Waals surface area (Å²) >= 11 is 0. The Kier molecular flexibility index (Phi) is 7.54. The van der Waals surface area contributed by atoms with E-state index in [4.69, 9.17) is 9.84 Å². The number of carboxylic acid groups (broad SMARTS) is 1. The van der Waals surface area contributed by atoms with E-state index in [1.807, 2.05) is 27.7 Å². The molecule has 0 aromatic heterocycles. The van der Waals surface area contributed by atoms with Crippen LogP contribution in [0.15, 0.2) is 0 Å². The van der Waals surface area contributed by atoms with E-state index in [2.05, 4.69) is 5.32 Å². The maximum atomic E-state index is 11.5. The van der Waals surface area contributed by atoms with E-state index in [1.165, 1.54) is 0 Å². The van der Waals surface area contributed by atoms with E-state index in [9.17, 15) is 9.59 Å². The highest BCUT2D eigenvalue weighted by Crippen LogP contribution is 2.08. The van der Waals surface area contributed by atoms with Gasteiger partial charge in [-0.25, -0.2) is 4.79 Å². The fourth-order valence-electron chi connectivity index (χ4n) is 1.32. The predicted octanol–water partition coefficient (Wildman–Crippen LogP) is 1.42. The summed E-state index contributed by atoms with van der Waals surface area (Å²) in [5.41, 5.74) is 0. The van der Waals surface area contributed by atoms with Crippen molar-refractivity contribution in [2.75, 3.05) is 6.61 Å². The fraction of sp³-hybridized carbons (Fsp3) is 0.833. The van der Waals surface area contributed by atoms with Crippen LogP contribution in [-0.4, -0.2) is 35.7 Å². The quantitative estimate of drug-likeness (QED) is 0.678. The summed E-state index contributed by atoms with van der Waals surface area (Å²) < 4.78 is 5.23. The summed E-state index contributed by atoms with van der Waals surface area (Å²) in [5.74, 6) is -1.35. The molecule has 0 rings (SSSR count). The van der Waals surface area contributed by atoms with E-state index < -0.39 is 12.0 Å². The molecule has 0 aromatic carbocycles. The second-order valence-electron chi connectivity index (χ2n) is 4.44. The van der Waals surface area contributed by atoms with Crippen LogP contribution in [0, 0.1) is 5.92 Å². The van der Waals surface area contributed by atoms with Crippen molar-refractivity contribution >= 4 is 11.9 Å². The number of rotatable bonds is 8. The van der Waals surface area contributed by atoms with Crippen molar-refractivity contribution in [3.8, 4) is 0 Å². The number of aliphatic carboxylic acids is 1. The minimum absolute atomic E-state index is 0.0765. The number of carboxylic acids is 1. The lowest BCUT2D eigenvalue weighted by atomic mass is 9.99. The molecule has 0 saturated carbocycles. The van der Waals surface area contributed by atoms with Gasteiger partial charge in [-0.1, -0.05) is 20.3 Å². The normalized spacial score (nSPS) is 14.4. The zero-order chi connectivity index (χ0) is 13.4. The lowest BCUT2D eigenvalue weighted by Gasteiger charge is -2.20. The third-order valence-corrected chi connectivity index (χ3v) is 2.58. The fourth-order valence-corrected chi connectivity index (χ4v) is 1.32. The average Bonchev–Trinajstić information content (AvgIpc) is 2.24. The summed E-state index contributed by atoms with van der Waals surface area (Å²) in [4.78, 5) is 22.5. The van der Waals surface area contributed by atoms with Crippen LogP contribution in [0.3, 0.4) is 0 Å². The van der Waals surface area contributed by atoms with Crippen molar-refractivity contribution in [1.82, 2.24) is 5.32 Å². The highest BCUT2D eigenvalue weighted by atomic mass is 16.5. The molecule has 0 heterocycles. The molecular weight excluding hydrogens is 222 g/mol. The first-order valence-corrected chi connectivity index (χ1v) is 6.02. The van der Waals surface area contributed by atoms with Gasteiger partial charge in [-0.05, 0) is 19.8 Å². The molecule has 17 heavy (non-hydrogen) atoms. The first kappa shape index (κ1) is 15.9. The third kappa shape index (κ3) is 6.94. The highest BCUT2D eigenvalue weighted by molar-refractivity contribution is 5.83. The minimum Gasteiger partial charge on any atom is -0.480 e. The Morgan fingerprint density at radius 2 is 1.88 bits per heavy atom. The molecule has 0 spiro atoms. The Morgan fingerprint density at radius 3 is 2.29 bits per heavy atom. The van der Waals surface area contributed by atoms with E-state index in [0.717, 1.165) is 0 Å². The Morgan fingerprint density at radius 1 is 1.29 bits per heavy atom. The second-order valence-corrected chi connectivity index (χ2v) is 4.44. The van der Waals surface area contributed by atoms with Crippen LogP contribution in [-0.2, 0) is 14.3 Å². The number of carbonyl (C=O) groups is 2. The van der Waals surface area contributed by atoms with Gasteiger partial charge in [-0.2, -0.15) is 0 Å². The second kappa shape index (κ2) is 8.06. The van der Waals surface area contributed by atoms with Crippen molar-refractivity contribution in [2.24, 2.45) is 5.92 Å². The topological polar surface area (TPSA) is 75.6 Å². The molecule has 0 bridgehead atoms. The summed E-state index contributed by atoms with van der Waals surface area (Å²) in [6.07, 6.45) is 0.977. The Labute approximate surface area is 103 Å². The predicted molar refractivity (Wildman–Crippen MR) is 64.7 cm³/mol. The van der Waals surface area contributed by atoms with Gasteiger partial charge in [0.2, 0.25) is 5.91 Å². The number of amides is 1. The maximum Gasteiger partial charge on any atom is 0.326 e. The minimum atomic E-state index is -0.988. The Balaban J connectivity index is 4.09. The van der Waals surface area contributed by atoms with Gasteiger partial charge < -0.3 is 15.2 Å². The molecule has 100 valence electrons. The highest BCUT2D eigenvalue weighted by Gasteiger charge is 2.24. The monoisotopic (exact) mass is 245 g/mol. The van der Waals surface area contributed by atoms with Gasteiger partial charge in [-0.3, -0.25) is 4.79 Å². The van der Waals surface area contributed by atoms with Crippen LogP contribution < -0.4 is 5.32 Å². The number of ether oxygens (including phenoxy) is 1. The van der Waals surface area contributed by atoms with Crippen LogP contribution in [0.1, 0.15) is 40.5 Å². The van der Waals surface area contributed by atoms with Gasteiger partial charge in [0.15, 0.2) is 0 Å². The number of hydrogen-bond acceptors (Lipinski definition) is 3. The van der Waals surface area contributed by atoms with Crippen LogP contribution >= 0.6 is 0 Å². The molecule has 0 aromatic rings. The first-order chi connectivity index (χ1) is 7.88. The van der Waals surface area contributed by atoms with Gasteiger partial charge in [0.05, 0.1) is 12.7 Å². The van der Waals surface area contributed by atoms with Gasteiger partial charge in [0, 0.05) is 6.42 Å². The summed E-state index contributed by atoms with van der Waals surface area (Å²) in [5, 5.41) is 11.5. The SMILES string of the molecule is CC[C@H](C)[C@H](NC(=O)CCOC(C)C)C(=O)O. The molecule has 1 amide bonds. The smallest absolute Gasteiger partial charge is 0.326 e. The molecule has 0 aliphatic heterocycles. The van der Waals surface area contributed by atoms with Crippen molar-refractivity contribution < 1.29 is 19.4 Å². The van der Waals surface area contributed by atoms with Gasteiger partial charge >= 0.3 is 5.97 Å². The standard InChI is InChI=1S/C12H23NO4/c1-5-9(4)11(12(15)16)13-10(14)6-7-17-8(2)3/h8-9,11H,5-7H2,1-4H3,(H,13,14)(H,15,16)/t9-,11-/m0/s1.